The van der Waals surface area contributed by atoms with Crippen LogP contribution in [0.25, 0.3) is 22.2 Å². The third-order valence-electron chi connectivity index (χ3n) is 4.45. The molecule has 0 bridgehead atoms. The molecule has 3 rings (SSSR count). The van der Waals surface area contributed by atoms with Crippen LogP contribution in [0.3, 0.4) is 0 Å². The molecule has 164 valence electrons. The molecule has 0 aliphatic heterocycles. The van der Waals surface area contributed by atoms with E-state index in [2.05, 4.69) is 15.3 Å². The van der Waals surface area contributed by atoms with E-state index in [1.165, 1.54) is 6.07 Å². The molecule has 9 heteroatoms. The number of pyridine rings is 1. The largest absolute Gasteiger partial charge is 0.444 e. The second-order valence-electron chi connectivity index (χ2n) is 8.39. The van der Waals surface area contributed by atoms with E-state index in [9.17, 15) is 14.0 Å². The molecule has 0 spiro atoms. The Morgan fingerprint density at radius 1 is 1.29 bits per heavy atom. The van der Waals surface area contributed by atoms with Crippen LogP contribution in [0.15, 0.2) is 35.3 Å². The topological polar surface area (TPSA) is 86.1 Å². The Hall–Kier alpha value is -3.00. The van der Waals surface area contributed by atoms with Crippen LogP contribution in [-0.2, 0) is 11.3 Å². The van der Waals surface area contributed by atoms with Gasteiger partial charge in [-0.1, -0.05) is 6.07 Å². The van der Waals surface area contributed by atoms with Gasteiger partial charge in [0.05, 0.1) is 18.3 Å². The average Bonchev–Trinajstić information content (AvgIpc) is 2.66. The van der Waals surface area contributed by atoms with Crippen molar-refractivity contribution in [3.8, 4) is 11.3 Å². The van der Waals surface area contributed by atoms with Crippen LogP contribution in [0.5, 0.6) is 0 Å². The maximum atomic E-state index is 14.3. The Morgan fingerprint density at radius 3 is 2.65 bits per heavy atom. The molecule has 31 heavy (non-hydrogen) atoms. The predicted octanol–water partition coefficient (Wildman–Crippen LogP) is 4.86. The molecule has 0 saturated carbocycles. The summed E-state index contributed by atoms with van der Waals surface area (Å²) in [6, 6.07) is 6.38. The molecule has 2 aromatic heterocycles. The lowest BCUT2D eigenvalue weighted by atomic mass is 10.1. The molecule has 1 N–H and O–H groups in total. The fourth-order valence-electron chi connectivity index (χ4n) is 3.31. The first-order valence-electron chi connectivity index (χ1n) is 9.79. The Kier molecular flexibility index (Phi) is 6.31. The number of hydrogen-bond acceptors (Lipinski definition) is 5. The van der Waals surface area contributed by atoms with Crippen molar-refractivity contribution in [2.24, 2.45) is 0 Å². The minimum absolute atomic E-state index is 0.0435. The molecule has 0 unspecified atom stereocenters. The van der Waals surface area contributed by atoms with E-state index in [0.29, 0.717) is 22.2 Å². The van der Waals surface area contributed by atoms with Gasteiger partial charge in [-0.15, -0.1) is 0 Å². The zero-order valence-corrected chi connectivity index (χ0v) is 18.7. The Balaban J connectivity index is 2.10. The summed E-state index contributed by atoms with van der Waals surface area (Å²) in [6.07, 6.45) is 0.424. The summed E-state index contributed by atoms with van der Waals surface area (Å²) < 4.78 is 21.5. The smallest absolute Gasteiger partial charge is 0.407 e. The fraction of sp³-hybridized carbons (Fsp3) is 0.364. The lowest BCUT2D eigenvalue weighted by molar-refractivity contribution is 0.0522. The summed E-state index contributed by atoms with van der Waals surface area (Å²) in [4.78, 5) is 32.4. The first-order valence-corrected chi connectivity index (χ1v) is 10.2. The van der Waals surface area contributed by atoms with E-state index in [-0.39, 0.29) is 29.0 Å². The normalized spacial score (nSPS) is 11.7. The van der Waals surface area contributed by atoms with Crippen LogP contribution < -0.4 is 10.7 Å². The number of benzene rings is 1. The van der Waals surface area contributed by atoms with E-state index in [0.717, 1.165) is 6.20 Å². The quantitative estimate of drug-likeness (QED) is 0.578. The molecule has 1 aromatic carbocycles. The number of amides is 1. The highest BCUT2D eigenvalue weighted by molar-refractivity contribution is 6.28. The van der Waals surface area contributed by atoms with Gasteiger partial charge in [0.2, 0.25) is 5.28 Å². The van der Waals surface area contributed by atoms with Gasteiger partial charge in [-0.2, -0.15) is 0 Å². The van der Waals surface area contributed by atoms with Gasteiger partial charge < -0.3 is 14.6 Å². The van der Waals surface area contributed by atoms with E-state index >= 15 is 0 Å². The third kappa shape index (κ3) is 5.19. The molecule has 0 atom stereocenters. The summed E-state index contributed by atoms with van der Waals surface area (Å²) in [5.41, 5.74) is 0.845. The molecule has 7 nitrogen and oxygen atoms in total. The van der Waals surface area contributed by atoms with Gasteiger partial charge in [-0.25, -0.2) is 19.2 Å². The molecule has 0 fully saturated rings. The van der Waals surface area contributed by atoms with Crippen molar-refractivity contribution in [3.05, 3.63) is 57.5 Å². The predicted molar refractivity (Wildman–Crippen MR) is 118 cm³/mol. The average molecular weight is 447 g/mol. The van der Waals surface area contributed by atoms with E-state index in [4.69, 9.17) is 16.3 Å². The number of ether oxygens (including phenoxy) is 1. The molecular weight excluding hydrogens is 423 g/mol. The number of alkyl carbamates (subject to hydrolysis) is 1. The summed E-state index contributed by atoms with van der Waals surface area (Å²) in [5.74, 6) is -0.620. The highest BCUT2D eigenvalue weighted by Gasteiger charge is 2.18. The summed E-state index contributed by atoms with van der Waals surface area (Å²) in [6.45, 7) is 9.31. The van der Waals surface area contributed by atoms with E-state index in [1.807, 2.05) is 18.4 Å². The van der Waals surface area contributed by atoms with Crippen molar-refractivity contribution < 1.29 is 13.9 Å². The SMILES string of the molecule is CC(C)n1c(CNC(=O)OC(C)(C)C)cc(=O)c2ccc(-c3nc(Cl)ncc3F)cc21. The van der Waals surface area contributed by atoms with Crippen molar-refractivity contribution in [3.63, 3.8) is 0 Å². The minimum atomic E-state index is -0.636. The monoisotopic (exact) mass is 446 g/mol. The van der Waals surface area contributed by atoms with Gasteiger partial charge in [0, 0.05) is 28.8 Å². The van der Waals surface area contributed by atoms with E-state index in [1.54, 1.807) is 39.0 Å². The number of hydrogen-bond donors (Lipinski definition) is 1. The molecule has 0 aliphatic rings. The molecule has 2 heterocycles. The Bertz CT molecular complexity index is 1200. The van der Waals surface area contributed by atoms with E-state index < -0.39 is 17.5 Å². The maximum Gasteiger partial charge on any atom is 0.407 e. The van der Waals surface area contributed by atoms with Crippen LogP contribution in [0.1, 0.15) is 46.4 Å². The van der Waals surface area contributed by atoms with Gasteiger partial charge >= 0.3 is 6.09 Å². The van der Waals surface area contributed by atoms with Gasteiger partial charge in [0.1, 0.15) is 11.3 Å². The number of halogens is 2. The van der Waals surface area contributed by atoms with Crippen LogP contribution in [0.4, 0.5) is 9.18 Å². The van der Waals surface area contributed by atoms with Crippen molar-refractivity contribution in [1.82, 2.24) is 19.9 Å². The Morgan fingerprint density at radius 2 is 2.00 bits per heavy atom. The summed E-state index contributed by atoms with van der Waals surface area (Å²) >= 11 is 5.84. The number of carbonyl (C=O) groups is 1. The van der Waals surface area contributed by atoms with Crippen molar-refractivity contribution in [1.29, 1.82) is 0 Å². The molecule has 0 radical (unpaired) electrons. The standard InChI is InChI=1S/C22H24ClFN4O3/c1-12(2)28-14(10-26-21(30)31-22(3,4)5)9-18(29)15-7-6-13(8-17(15)28)19-16(24)11-25-20(23)27-19/h6-9,11-12H,10H2,1-5H3,(H,26,30). The number of nitrogens with one attached hydrogen (secondary N) is 1. The van der Waals surface area contributed by atoms with Crippen LogP contribution >= 0.6 is 11.6 Å². The Labute approximate surface area is 184 Å². The van der Waals surface area contributed by atoms with Crippen molar-refractivity contribution in [2.75, 3.05) is 0 Å². The second kappa shape index (κ2) is 8.63. The first kappa shape index (κ1) is 22.7. The number of rotatable bonds is 4. The second-order valence-corrected chi connectivity index (χ2v) is 8.72. The van der Waals surface area contributed by atoms with Gasteiger partial charge in [0.15, 0.2) is 11.2 Å². The summed E-state index contributed by atoms with van der Waals surface area (Å²) in [7, 11) is 0. The zero-order chi connectivity index (χ0) is 22.9. The molecule has 3 aromatic rings. The molecule has 0 aliphatic carbocycles. The zero-order valence-electron chi connectivity index (χ0n) is 18.0. The van der Waals surface area contributed by atoms with Gasteiger partial charge in [0.25, 0.3) is 0 Å². The van der Waals surface area contributed by atoms with Crippen LogP contribution in [0.2, 0.25) is 5.28 Å². The van der Waals surface area contributed by atoms with Crippen LogP contribution in [-0.4, -0.2) is 26.2 Å². The molecule has 0 saturated heterocycles. The maximum absolute atomic E-state index is 14.3. The van der Waals surface area contributed by atoms with Gasteiger partial charge in [-0.05, 0) is 58.4 Å². The highest BCUT2D eigenvalue weighted by atomic mass is 35.5. The van der Waals surface area contributed by atoms with Crippen molar-refractivity contribution >= 4 is 28.6 Å². The molecule has 1 amide bonds. The van der Waals surface area contributed by atoms with Gasteiger partial charge in [-0.3, -0.25) is 4.79 Å². The number of fused-ring (bicyclic) bond motifs is 1. The number of aromatic nitrogens is 3. The number of nitrogens with zero attached hydrogens (tertiary/aromatic N) is 3. The first-order chi connectivity index (χ1) is 14.5. The fourth-order valence-corrected chi connectivity index (χ4v) is 3.44. The minimum Gasteiger partial charge on any atom is -0.444 e. The highest BCUT2D eigenvalue weighted by Crippen LogP contribution is 2.27. The van der Waals surface area contributed by atoms with Crippen LogP contribution in [0, 0.1) is 5.82 Å². The molecular formula is C22H24ClFN4O3. The lowest BCUT2D eigenvalue weighted by Gasteiger charge is -2.23. The van der Waals surface area contributed by atoms with Crippen molar-refractivity contribution in [2.45, 2.75) is 52.8 Å². The number of carbonyl (C=O) groups excluding carboxylic acids is 1. The third-order valence-corrected chi connectivity index (χ3v) is 4.63. The lowest BCUT2D eigenvalue weighted by Crippen LogP contribution is -2.33. The summed E-state index contributed by atoms with van der Waals surface area (Å²) in [5, 5.41) is 3.08.